The molecule has 0 aliphatic carbocycles. The molecule has 0 heterocycles. The molecule has 0 radical (unpaired) electrons. The quantitative estimate of drug-likeness (QED) is 0.240. The normalized spacial score (nSPS) is 16.1. The van der Waals surface area contributed by atoms with Gasteiger partial charge >= 0.3 is 33.0 Å². The van der Waals surface area contributed by atoms with E-state index in [1.807, 2.05) is 49.9 Å². The van der Waals surface area contributed by atoms with Crippen LogP contribution in [0, 0.1) is 0 Å². The van der Waals surface area contributed by atoms with E-state index in [9.17, 15) is 25.2 Å². The molecule has 0 atom stereocenters. The second kappa shape index (κ2) is 5.94. The number of rotatable bonds is 3. The molecule has 116 valence electrons. The monoisotopic (exact) mass is 312 g/mol. The molecule has 0 aromatic heterocycles. The van der Waals surface area contributed by atoms with Crippen molar-refractivity contribution in [3.63, 3.8) is 0 Å². The van der Waals surface area contributed by atoms with Crippen molar-refractivity contribution in [3.8, 4) is 0 Å². The first-order valence-electron chi connectivity index (χ1n) is 5.06. The Balaban J connectivity index is 0. The second-order valence-corrected chi connectivity index (χ2v) is 6.18. The summed E-state index contributed by atoms with van der Waals surface area (Å²) in [5, 5.41) is 0. The number of nitrogens with zero attached hydrogens (tertiary/aromatic N) is 2. The van der Waals surface area contributed by atoms with Crippen LogP contribution in [0.25, 0.3) is 0 Å². The van der Waals surface area contributed by atoms with Gasteiger partial charge in [0.15, 0.2) is 6.21 Å². The molecule has 0 saturated heterocycles. The van der Waals surface area contributed by atoms with Crippen LogP contribution < -0.4 is 0 Å². The van der Waals surface area contributed by atoms with Gasteiger partial charge in [-0.1, -0.05) is 6.08 Å². The summed E-state index contributed by atoms with van der Waals surface area (Å²) in [6, 6.07) is 0. The van der Waals surface area contributed by atoms with Crippen LogP contribution in [0.2, 0.25) is 0 Å². The van der Waals surface area contributed by atoms with Gasteiger partial charge in [-0.15, -0.1) is 0 Å². The van der Waals surface area contributed by atoms with E-state index in [2.05, 4.69) is 19.2 Å². The van der Waals surface area contributed by atoms with Crippen LogP contribution in [0.1, 0.15) is 6.92 Å². The van der Waals surface area contributed by atoms with Crippen LogP contribution >= 0.6 is 7.81 Å². The van der Waals surface area contributed by atoms with Gasteiger partial charge in [0.05, 0.1) is 0 Å². The van der Waals surface area contributed by atoms with Crippen LogP contribution in [-0.2, 0) is 0 Å². The van der Waals surface area contributed by atoms with Crippen molar-refractivity contribution in [2.45, 2.75) is 6.92 Å². The summed E-state index contributed by atoms with van der Waals surface area (Å²) in [6.07, 6.45) is 8.22. The average molecular weight is 312 g/mol. The van der Waals surface area contributed by atoms with E-state index in [-0.39, 0.29) is 0 Å². The van der Waals surface area contributed by atoms with Gasteiger partial charge in [-0.25, -0.2) is 4.58 Å². The van der Waals surface area contributed by atoms with Crippen molar-refractivity contribution in [3.05, 3.63) is 23.9 Å². The fourth-order valence-electron chi connectivity index (χ4n) is 0.817. The molecular weight excluding hydrogens is 293 g/mol. The van der Waals surface area contributed by atoms with Gasteiger partial charge in [-0.2, -0.15) is 0 Å². The first-order chi connectivity index (χ1) is 7.97. The summed E-state index contributed by atoms with van der Waals surface area (Å²) in [6.45, 7) is 2.08. The summed E-state index contributed by atoms with van der Waals surface area (Å²) >= 11 is 0. The molecule has 19 heavy (non-hydrogen) atoms. The van der Waals surface area contributed by atoms with Crippen molar-refractivity contribution in [1.29, 1.82) is 0 Å². The zero-order chi connectivity index (χ0) is 16.0. The van der Waals surface area contributed by atoms with Crippen molar-refractivity contribution in [2.24, 2.45) is 0 Å². The van der Waals surface area contributed by atoms with Gasteiger partial charge in [-0.3, -0.25) is 0 Å². The van der Waals surface area contributed by atoms with Crippen molar-refractivity contribution in [2.75, 3.05) is 28.2 Å². The Kier molecular flexibility index (Phi) is 6.34. The Labute approximate surface area is 108 Å². The molecule has 0 bridgehead atoms. The molecule has 9 heteroatoms. The predicted octanol–water partition coefficient (Wildman–Crippen LogP) is 4.73. The van der Waals surface area contributed by atoms with E-state index in [1.165, 1.54) is 5.57 Å². The maximum absolute atomic E-state index is 10.7. The number of hydrogen-bond acceptors (Lipinski definition) is 1. The van der Waals surface area contributed by atoms with Gasteiger partial charge in [0.25, 0.3) is 0 Å². The topological polar surface area (TPSA) is 6.25 Å². The summed E-state index contributed by atoms with van der Waals surface area (Å²) in [7, 11) is -2.60. The molecule has 0 fully saturated rings. The van der Waals surface area contributed by atoms with Gasteiger partial charge in [0.1, 0.15) is 14.1 Å². The number of allylic oxidation sites excluding steroid dienone is 3. The first kappa shape index (κ1) is 20.3. The van der Waals surface area contributed by atoms with Gasteiger partial charge in [0, 0.05) is 19.7 Å². The summed E-state index contributed by atoms with van der Waals surface area (Å²) in [5.74, 6) is 0. The molecule has 0 aromatic carbocycles. The maximum atomic E-state index is 9.87. The summed E-state index contributed by atoms with van der Waals surface area (Å²) in [5.41, 5.74) is 1.25. The second-order valence-electron chi connectivity index (χ2n) is 4.27. The van der Waals surface area contributed by atoms with Gasteiger partial charge in [0.2, 0.25) is 0 Å². The Morgan fingerprint density at radius 1 is 1.00 bits per heavy atom. The third kappa shape index (κ3) is 47.3. The Hall–Kier alpha value is -1.04. The molecule has 0 N–H and O–H groups in total. The van der Waals surface area contributed by atoms with Gasteiger partial charge in [-0.05, 0) is 19.2 Å². The standard InChI is InChI=1S/C10H19N2.F6P/c1-10(9-12(4)5)7-6-8-11(2)3;1-7(2,3,4,5)6/h6-9H,1-5H3;/q+1;-1. The molecule has 0 unspecified atom stereocenters. The van der Waals surface area contributed by atoms with Crippen LogP contribution in [0.5, 0.6) is 0 Å². The van der Waals surface area contributed by atoms with Crippen LogP contribution in [0.3, 0.4) is 0 Å². The van der Waals surface area contributed by atoms with E-state index < -0.39 is 7.81 Å². The fraction of sp³-hybridized carbons (Fsp3) is 0.500. The minimum atomic E-state index is -10.7. The first-order valence-corrected chi connectivity index (χ1v) is 7.09. The van der Waals surface area contributed by atoms with Crippen molar-refractivity contribution < 1.29 is 29.8 Å². The van der Waals surface area contributed by atoms with E-state index >= 15 is 0 Å². The zero-order valence-corrected chi connectivity index (χ0v) is 12.3. The molecule has 0 saturated carbocycles. The fourth-order valence-corrected chi connectivity index (χ4v) is 0.817. The van der Waals surface area contributed by atoms with Crippen molar-refractivity contribution >= 4 is 14.0 Å². The third-order valence-electron chi connectivity index (χ3n) is 1.21. The molecule has 2 nitrogen and oxygen atoms in total. The molecule has 0 aromatic rings. The zero-order valence-electron chi connectivity index (χ0n) is 11.4. The minimum absolute atomic E-state index is 1.25. The average Bonchev–Trinajstić information content (AvgIpc) is 1.94. The van der Waals surface area contributed by atoms with Crippen LogP contribution in [-0.4, -0.2) is 43.9 Å². The van der Waals surface area contributed by atoms with E-state index in [4.69, 9.17) is 0 Å². The SMILES string of the molecule is C/C(C=[N+](C)C)=C\C=C\N(C)C.F[P-](F)(F)(F)(F)F. The molecule has 0 amide bonds. The molecule has 0 spiro atoms. The third-order valence-corrected chi connectivity index (χ3v) is 1.21. The predicted molar refractivity (Wildman–Crippen MR) is 68.3 cm³/mol. The van der Waals surface area contributed by atoms with Crippen LogP contribution in [0.15, 0.2) is 23.9 Å². The Morgan fingerprint density at radius 2 is 1.37 bits per heavy atom. The van der Waals surface area contributed by atoms with Crippen LogP contribution in [0.4, 0.5) is 25.2 Å². The summed E-state index contributed by atoms with van der Waals surface area (Å²) < 4.78 is 61.2. The Bertz CT molecular complexity index is 362. The van der Waals surface area contributed by atoms with Crippen molar-refractivity contribution in [1.82, 2.24) is 4.90 Å². The van der Waals surface area contributed by atoms with E-state index in [0.717, 1.165) is 0 Å². The van der Waals surface area contributed by atoms with E-state index in [0.29, 0.717) is 0 Å². The van der Waals surface area contributed by atoms with E-state index in [1.54, 1.807) is 0 Å². The molecule has 0 aliphatic rings. The molecule has 0 aliphatic heterocycles. The Morgan fingerprint density at radius 3 is 1.63 bits per heavy atom. The number of halogens is 6. The van der Waals surface area contributed by atoms with Gasteiger partial charge < -0.3 is 4.90 Å². The molecule has 0 rings (SSSR count). The summed E-state index contributed by atoms with van der Waals surface area (Å²) in [4.78, 5) is 2.01. The number of hydrogen-bond donors (Lipinski definition) is 0. The molecular formula is C10H19F6N2P.